The second kappa shape index (κ2) is 4.53. The summed E-state index contributed by atoms with van der Waals surface area (Å²) in [7, 11) is 0. The normalized spacial score (nSPS) is 30.2. The highest BCUT2D eigenvalue weighted by Crippen LogP contribution is 2.47. The Morgan fingerprint density at radius 1 is 1.50 bits per heavy atom. The van der Waals surface area contributed by atoms with Gasteiger partial charge in [0.1, 0.15) is 0 Å². The molecule has 0 aromatic heterocycles. The first kappa shape index (κ1) is 11.8. The summed E-state index contributed by atoms with van der Waals surface area (Å²) in [5.74, 6) is 1.44. The molecule has 80 valence electrons. The van der Waals surface area contributed by atoms with Gasteiger partial charge in [0.05, 0.1) is 0 Å². The van der Waals surface area contributed by atoms with Crippen LogP contribution in [-0.4, -0.2) is 0 Å². The van der Waals surface area contributed by atoms with Gasteiger partial charge in [-0.05, 0) is 42.9 Å². The summed E-state index contributed by atoms with van der Waals surface area (Å²) < 4.78 is 0. The topological polar surface area (TPSA) is 0 Å². The minimum Gasteiger partial charge on any atom is -0.103 e. The van der Waals surface area contributed by atoms with Gasteiger partial charge in [-0.25, -0.2) is 0 Å². The van der Waals surface area contributed by atoms with Crippen LogP contribution in [0.15, 0.2) is 24.3 Å². The summed E-state index contributed by atoms with van der Waals surface area (Å²) in [5, 5.41) is 0.789. The van der Waals surface area contributed by atoms with Crippen LogP contribution in [0.2, 0.25) is 0 Å². The summed E-state index contributed by atoms with van der Waals surface area (Å²) in [4.78, 5) is 0. The molecule has 0 aliphatic heterocycles. The van der Waals surface area contributed by atoms with Crippen molar-refractivity contribution in [3.8, 4) is 0 Å². The first-order chi connectivity index (χ1) is 6.44. The summed E-state index contributed by atoms with van der Waals surface area (Å²) in [6, 6.07) is 0. The predicted molar refractivity (Wildman–Crippen MR) is 64.4 cm³/mol. The van der Waals surface area contributed by atoms with Gasteiger partial charge in [-0.2, -0.15) is 0 Å². The summed E-state index contributed by atoms with van der Waals surface area (Å²) in [6.07, 6.45) is 6.81. The molecule has 0 saturated heterocycles. The van der Waals surface area contributed by atoms with Crippen LogP contribution in [-0.2, 0) is 0 Å². The molecule has 2 atom stereocenters. The Labute approximate surface area is 93.0 Å². The first-order valence-corrected chi connectivity index (χ1v) is 5.78. The molecule has 1 rings (SSSR count). The second-order valence-corrected chi connectivity index (χ2v) is 5.82. The van der Waals surface area contributed by atoms with Gasteiger partial charge in [0, 0.05) is 5.03 Å². The Morgan fingerprint density at radius 3 is 2.64 bits per heavy atom. The van der Waals surface area contributed by atoms with Crippen LogP contribution in [0.4, 0.5) is 0 Å². The molecule has 0 bridgehead atoms. The van der Waals surface area contributed by atoms with Crippen LogP contribution < -0.4 is 0 Å². The monoisotopic (exact) mass is 212 g/mol. The van der Waals surface area contributed by atoms with Crippen LogP contribution >= 0.6 is 11.6 Å². The van der Waals surface area contributed by atoms with E-state index in [9.17, 15) is 0 Å². The lowest BCUT2D eigenvalue weighted by molar-refractivity contribution is 0.354. The summed E-state index contributed by atoms with van der Waals surface area (Å²) in [5.41, 5.74) is 0.483. The van der Waals surface area contributed by atoms with Crippen LogP contribution in [0.25, 0.3) is 0 Å². The van der Waals surface area contributed by atoms with Gasteiger partial charge in [0.15, 0.2) is 0 Å². The molecule has 14 heavy (non-hydrogen) atoms. The van der Waals surface area contributed by atoms with E-state index in [1.54, 1.807) is 0 Å². The molecular formula is C13H21Cl. The average molecular weight is 213 g/mol. The van der Waals surface area contributed by atoms with Gasteiger partial charge < -0.3 is 0 Å². The van der Waals surface area contributed by atoms with Crippen LogP contribution in [0.1, 0.15) is 39.5 Å². The Bertz CT molecular complexity index is 227. The van der Waals surface area contributed by atoms with E-state index < -0.39 is 0 Å². The molecule has 0 nitrogen and oxygen atoms in total. The highest BCUT2D eigenvalue weighted by Gasteiger charge is 2.36. The molecule has 1 aliphatic rings. The van der Waals surface area contributed by atoms with Crippen molar-refractivity contribution in [1.29, 1.82) is 0 Å². The zero-order valence-corrected chi connectivity index (χ0v) is 10.1. The van der Waals surface area contributed by atoms with Gasteiger partial charge in [-0.15, -0.1) is 6.58 Å². The number of allylic oxidation sites excluding steroid dienone is 2. The van der Waals surface area contributed by atoms with Crippen molar-refractivity contribution in [2.45, 2.75) is 39.5 Å². The van der Waals surface area contributed by atoms with Gasteiger partial charge in [-0.3, -0.25) is 0 Å². The lowest BCUT2D eigenvalue weighted by atomic mass is 9.89. The van der Waals surface area contributed by atoms with Crippen molar-refractivity contribution in [2.75, 3.05) is 0 Å². The Kier molecular flexibility index (Phi) is 3.83. The highest BCUT2D eigenvalue weighted by atomic mass is 35.5. The molecule has 0 radical (unpaired) electrons. The lowest BCUT2D eigenvalue weighted by Crippen LogP contribution is -2.05. The fourth-order valence-corrected chi connectivity index (χ4v) is 2.79. The molecule has 0 spiro atoms. The van der Waals surface area contributed by atoms with E-state index in [1.165, 1.54) is 19.3 Å². The van der Waals surface area contributed by atoms with Crippen LogP contribution in [0.3, 0.4) is 0 Å². The maximum Gasteiger partial charge on any atom is 0.0109 e. The number of hydrogen-bond acceptors (Lipinski definition) is 0. The first-order valence-electron chi connectivity index (χ1n) is 5.40. The molecule has 0 heterocycles. The van der Waals surface area contributed by atoms with Gasteiger partial charge >= 0.3 is 0 Å². The fourth-order valence-electron chi connectivity index (χ4n) is 2.68. The van der Waals surface area contributed by atoms with E-state index in [-0.39, 0.29) is 0 Å². The van der Waals surface area contributed by atoms with Crippen molar-refractivity contribution in [3.63, 3.8) is 0 Å². The smallest absolute Gasteiger partial charge is 0.0109 e. The number of hydrogen-bond donors (Lipinski definition) is 0. The molecule has 1 aliphatic carbocycles. The second-order valence-electron chi connectivity index (χ2n) is 5.29. The Morgan fingerprint density at radius 2 is 2.14 bits per heavy atom. The predicted octanol–water partition coefficient (Wildman–Crippen LogP) is 4.76. The van der Waals surface area contributed by atoms with E-state index in [2.05, 4.69) is 33.1 Å². The zero-order valence-electron chi connectivity index (χ0n) is 9.35. The average Bonchev–Trinajstić information content (AvgIpc) is 2.37. The maximum absolute atomic E-state index is 5.80. The molecule has 1 fully saturated rings. The summed E-state index contributed by atoms with van der Waals surface area (Å²) >= 11 is 5.80. The third-order valence-electron chi connectivity index (χ3n) is 3.30. The maximum atomic E-state index is 5.80. The lowest BCUT2D eigenvalue weighted by Gasteiger charge is -2.16. The van der Waals surface area contributed by atoms with Gasteiger partial charge in [-0.1, -0.05) is 38.1 Å². The van der Waals surface area contributed by atoms with E-state index in [4.69, 9.17) is 11.6 Å². The SMILES string of the molecule is C=C[C@H]1CC(C)(C)C[C@@H]1CCC(=C)Cl. The minimum atomic E-state index is 0.483. The third-order valence-corrected chi connectivity index (χ3v) is 3.49. The summed E-state index contributed by atoms with van der Waals surface area (Å²) in [6.45, 7) is 12.4. The zero-order chi connectivity index (χ0) is 10.8. The molecule has 0 aromatic carbocycles. The van der Waals surface area contributed by atoms with Crippen molar-refractivity contribution >= 4 is 11.6 Å². The number of halogens is 1. The van der Waals surface area contributed by atoms with E-state index in [0.717, 1.165) is 17.4 Å². The van der Waals surface area contributed by atoms with Gasteiger partial charge in [0.25, 0.3) is 0 Å². The van der Waals surface area contributed by atoms with Crippen molar-refractivity contribution < 1.29 is 0 Å². The highest BCUT2D eigenvalue weighted by molar-refractivity contribution is 6.29. The largest absolute Gasteiger partial charge is 0.103 e. The van der Waals surface area contributed by atoms with E-state index >= 15 is 0 Å². The van der Waals surface area contributed by atoms with Crippen LogP contribution in [0.5, 0.6) is 0 Å². The fraction of sp³-hybridized carbons (Fsp3) is 0.692. The molecule has 1 heteroatoms. The molecule has 0 aromatic rings. The third kappa shape index (κ3) is 3.16. The van der Waals surface area contributed by atoms with E-state index in [1.807, 2.05) is 0 Å². The number of rotatable bonds is 4. The quantitative estimate of drug-likeness (QED) is 0.590. The Hall–Kier alpha value is -0.230. The van der Waals surface area contributed by atoms with Crippen molar-refractivity contribution in [3.05, 3.63) is 24.3 Å². The Balaban J connectivity index is 2.51. The molecule has 0 N–H and O–H groups in total. The van der Waals surface area contributed by atoms with Crippen LogP contribution in [0, 0.1) is 17.3 Å². The van der Waals surface area contributed by atoms with E-state index in [0.29, 0.717) is 11.3 Å². The molecule has 0 unspecified atom stereocenters. The minimum absolute atomic E-state index is 0.483. The molecule has 0 amide bonds. The van der Waals surface area contributed by atoms with Gasteiger partial charge in [0.2, 0.25) is 0 Å². The standard InChI is InChI=1S/C13H21Cl/c1-5-11-8-13(3,4)9-12(11)7-6-10(2)14/h5,11-12H,1-2,6-9H2,3-4H3/t11-,12-/m0/s1. The molecular weight excluding hydrogens is 192 g/mol. The van der Waals surface area contributed by atoms with Crippen molar-refractivity contribution in [1.82, 2.24) is 0 Å². The molecule has 1 saturated carbocycles. The van der Waals surface area contributed by atoms with Crippen molar-refractivity contribution in [2.24, 2.45) is 17.3 Å².